The first-order valence-corrected chi connectivity index (χ1v) is 5.85. The van der Waals surface area contributed by atoms with Gasteiger partial charge in [-0.1, -0.05) is 18.5 Å². The molecular formula is C8H9ClO2S2. The van der Waals surface area contributed by atoms with Crippen molar-refractivity contribution in [3.8, 4) is 0 Å². The van der Waals surface area contributed by atoms with Crippen LogP contribution >= 0.6 is 34.7 Å². The predicted octanol–water partition coefficient (Wildman–Crippen LogP) is 3.36. The first kappa shape index (κ1) is 10.9. The lowest BCUT2D eigenvalue weighted by Gasteiger charge is -2.06. The minimum atomic E-state index is -0.767. The number of thioether (sulfide) groups is 1. The van der Waals surface area contributed by atoms with E-state index in [-0.39, 0.29) is 5.25 Å². The zero-order chi connectivity index (χ0) is 9.84. The van der Waals surface area contributed by atoms with Crippen molar-refractivity contribution in [2.24, 2.45) is 0 Å². The van der Waals surface area contributed by atoms with E-state index in [4.69, 9.17) is 16.7 Å². The Kier molecular flexibility index (Phi) is 4.09. The number of aliphatic carboxylic acids is 1. The number of hydrogen-bond donors (Lipinski definition) is 1. The summed E-state index contributed by atoms with van der Waals surface area (Å²) in [5, 5.41) is 8.43. The Balaban J connectivity index is 2.61. The van der Waals surface area contributed by atoms with Crippen molar-refractivity contribution in [2.45, 2.75) is 22.8 Å². The van der Waals surface area contributed by atoms with Crippen molar-refractivity contribution in [3.05, 3.63) is 16.5 Å². The van der Waals surface area contributed by atoms with Crippen LogP contribution in [0.2, 0.25) is 4.34 Å². The zero-order valence-corrected chi connectivity index (χ0v) is 9.38. The molecule has 0 aliphatic rings. The second-order valence-electron chi connectivity index (χ2n) is 2.41. The van der Waals surface area contributed by atoms with Gasteiger partial charge < -0.3 is 5.11 Å². The lowest BCUT2D eigenvalue weighted by molar-refractivity contribution is -0.136. The molecule has 1 N–H and O–H groups in total. The third kappa shape index (κ3) is 3.21. The molecule has 0 aromatic carbocycles. The van der Waals surface area contributed by atoms with Crippen molar-refractivity contribution in [1.29, 1.82) is 0 Å². The van der Waals surface area contributed by atoms with E-state index in [1.807, 2.05) is 13.0 Å². The summed E-state index contributed by atoms with van der Waals surface area (Å²) in [5.41, 5.74) is 0. The second kappa shape index (κ2) is 4.88. The molecule has 72 valence electrons. The standard InChI is InChI=1S/C8H9ClO2S2/c1-2-5(8(10)11)12-7-4-3-6(9)13-7/h3-5H,2H2,1H3,(H,10,11). The average molecular weight is 237 g/mol. The molecule has 1 rings (SSSR count). The quantitative estimate of drug-likeness (QED) is 0.815. The normalized spacial score (nSPS) is 12.8. The Morgan fingerprint density at radius 1 is 1.77 bits per heavy atom. The maximum Gasteiger partial charge on any atom is 0.317 e. The lowest BCUT2D eigenvalue weighted by atomic mass is 10.3. The largest absolute Gasteiger partial charge is 0.480 e. The highest BCUT2D eigenvalue weighted by Crippen LogP contribution is 2.33. The van der Waals surface area contributed by atoms with Gasteiger partial charge in [0.15, 0.2) is 0 Å². The molecule has 0 aliphatic heterocycles. The first-order valence-electron chi connectivity index (χ1n) is 3.78. The van der Waals surface area contributed by atoms with E-state index in [0.717, 1.165) is 4.21 Å². The van der Waals surface area contributed by atoms with Crippen LogP contribution in [0.1, 0.15) is 13.3 Å². The molecule has 5 heteroatoms. The molecule has 0 fully saturated rings. The van der Waals surface area contributed by atoms with E-state index >= 15 is 0 Å². The van der Waals surface area contributed by atoms with Gasteiger partial charge in [-0.3, -0.25) is 4.79 Å². The summed E-state index contributed by atoms with van der Waals surface area (Å²) in [7, 11) is 0. The van der Waals surface area contributed by atoms with Gasteiger partial charge in [0.05, 0.1) is 8.55 Å². The van der Waals surface area contributed by atoms with Crippen LogP contribution in [0.25, 0.3) is 0 Å². The molecule has 0 radical (unpaired) electrons. The summed E-state index contributed by atoms with van der Waals surface area (Å²) in [4.78, 5) is 10.7. The molecular weight excluding hydrogens is 228 g/mol. The molecule has 1 atom stereocenters. The summed E-state index contributed by atoms with van der Waals surface area (Å²) in [5.74, 6) is -0.767. The Hall–Kier alpha value is -0.190. The number of carbonyl (C=O) groups is 1. The molecule has 2 nitrogen and oxygen atoms in total. The summed E-state index contributed by atoms with van der Waals surface area (Å²) in [6.07, 6.45) is 0.621. The van der Waals surface area contributed by atoms with Crippen molar-refractivity contribution in [1.82, 2.24) is 0 Å². The first-order chi connectivity index (χ1) is 6.13. The van der Waals surface area contributed by atoms with Crippen molar-refractivity contribution in [3.63, 3.8) is 0 Å². The van der Waals surface area contributed by atoms with Crippen molar-refractivity contribution in [2.75, 3.05) is 0 Å². The topological polar surface area (TPSA) is 37.3 Å². The fourth-order valence-electron chi connectivity index (χ4n) is 0.810. The Morgan fingerprint density at radius 2 is 2.46 bits per heavy atom. The van der Waals surface area contributed by atoms with Gasteiger partial charge in [-0.2, -0.15) is 0 Å². The van der Waals surface area contributed by atoms with Gasteiger partial charge in [0, 0.05) is 0 Å². The number of rotatable bonds is 4. The predicted molar refractivity (Wildman–Crippen MR) is 56.9 cm³/mol. The van der Waals surface area contributed by atoms with Gasteiger partial charge in [0.25, 0.3) is 0 Å². The van der Waals surface area contributed by atoms with E-state index in [1.165, 1.54) is 23.1 Å². The Morgan fingerprint density at radius 3 is 2.85 bits per heavy atom. The van der Waals surface area contributed by atoms with E-state index in [2.05, 4.69) is 0 Å². The lowest BCUT2D eigenvalue weighted by Crippen LogP contribution is -2.14. The van der Waals surface area contributed by atoms with Gasteiger partial charge in [-0.25, -0.2) is 0 Å². The van der Waals surface area contributed by atoms with Crippen molar-refractivity contribution < 1.29 is 9.90 Å². The summed E-state index contributed by atoms with van der Waals surface area (Å²) < 4.78 is 1.65. The highest BCUT2D eigenvalue weighted by atomic mass is 35.5. The number of hydrogen-bond acceptors (Lipinski definition) is 3. The molecule has 13 heavy (non-hydrogen) atoms. The Bertz CT molecular complexity index is 298. The van der Waals surface area contributed by atoms with Gasteiger partial charge >= 0.3 is 5.97 Å². The average Bonchev–Trinajstić information content (AvgIpc) is 2.46. The minimum absolute atomic E-state index is 0.366. The summed E-state index contributed by atoms with van der Waals surface area (Å²) in [6, 6.07) is 3.63. The number of carboxylic acids is 1. The van der Waals surface area contributed by atoms with Crippen LogP contribution in [0.15, 0.2) is 16.3 Å². The van der Waals surface area contributed by atoms with Gasteiger partial charge in [-0.05, 0) is 18.6 Å². The van der Waals surface area contributed by atoms with Gasteiger partial charge in [-0.15, -0.1) is 23.1 Å². The number of halogens is 1. The number of thiophene rings is 1. The maximum absolute atomic E-state index is 10.7. The van der Waals surface area contributed by atoms with Gasteiger partial charge in [0.1, 0.15) is 5.25 Å². The molecule has 1 aromatic heterocycles. The van der Waals surface area contributed by atoms with E-state index in [1.54, 1.807) is 6.07 Å². The molecule has 0 saturated carbocycles. The monoisotopic (exact) mass is 236 g/mol. The molecule has 0 spiro atoms. The smallest absolute Gasteiger partial charge is 0.317 e. The van der Waals surface area contributed by atoms with Crippen LogP contribution in [-0.4, -0.2) is 16.3 Å². The zero-order valence-electron chi connectivity index (χ0n) is 6.99. The summed E-state index contributed by atoms with van der Waals surface area (Å²) >= 11 is 8.49. The summed E-state index contributed by atoms with van der Waals surface area (Å²) in [6.45, 7) is 1.86. The van der Waals surface area contributed by atoms with Crippen LogP contribution in [-0.2, 0) is 4.79 Å². The van der Waals surface area contributed by atoms with E-state index < -0.39 is 5.97 Å². The second-order valence-corrected chi connectivity index (χ2v) is 5.63. The fraction of sp³-hybridized carbons (Fsp3) is 0.375. The van der Waals surface area contributed by atoms with Crippen molar-refractivity contribution >= 4 is 40.7 Å². The third-order valence-electron chi connectivity index (χ3n) is 1.45. The highest BCUT2D eigenvalue weighted by molar-refractivity contribution is 8.02. The number of carboxylic acid groups (broad SMARTS) is 1. The molecule has 1 aromatic rings. The van der Waals surface area contributed by atoms with Crippen LogP contribution in [0.3, 0.4) is 0 Å². The van der Waals surface area contributed by atoms with E-state index in [9.17, 15) is 4.79 Å². The van der Waals surface area contributed by atoms with Crippen LogP contribution < -0.4 is 0 Å². The van der Waals surface area contributed by atoms with Crippen LogP contribution in [0.4, 0.5) is 0 Å². The minimum Gasteiger partial charge on any atom is -0.480 e. The molecule has 1 unspecified atom stereocenters. The van der Waals surface area contributed by atoms with Crippen LogP contribution in [0, 0.1) is 0 Å². The van der Waals surface area contributed by atoms with Crippen LogP contribution in [0.5, 0.6) is 0 Å². The Labute approximate surface area is 89.9 Å². The maximum atomic E-state index is 10.7. The molecule has 0 saturated heterocycles. The molecule has 0 amide bonds. The molecule has 0 bridgehead atoms. The molecule has 0 aliphatic carbocycles. The van der Waals surface area contributed by atoms with E-state index in [0.29, 0.717) is 10.8 Å². The van der Waals surface area contributed by atoms with Gasteiger partial charge in [0.2, 0.25) is 0 Å². The highest BCUT2D eigenvalue weighted by Gasteiger charge is 2.16. The fourth-order valence-corrected chi connectivity index (χ4v) is 3.23. The SMILES string of the molecule is CCC(Sc1ccc(Cl)s1)C(=O)O. The third-order valence-corrected chi connectivity index (χ3v) is 4.21. The molecule has 1 heterocycles.